The van der Waals surface area contributed by atoms with E-state index < -0.39 is 5.82 Å². The van der Waals surface area contributed by atoms with Crippen LogP contribution in [0.4, 0.5) is 4.39 Å². The van der Waals surface area contributed by atoms with Crippen molar-refractivity contribution in [3.8, 4) is 11.3 Å². The van der Waals surface area contributed by atoms with Gasteiger partial charge in [0.15, 0.2) is 5.76 Å². The second-order valence-electron chi connectivity index (χ2n) is 4.44. The molecular formula is C15H10ClFN2O2. The highest BCUT2D eigenvalue weighted by Gasteiger charge is 2.08. The van der Waals surface area contributed by atoms with Gasteiger partial charge >= 0.3 is 0 Å². The lowest BCUT2D eigenvalue weighted by Crippen LogP contribution is -2.19. The lowest BCUT2D eigenvalue weighted by atomic mass is 10.2. The maximum absolute atomic E-state index is 13.1. The molecule has 1 aromatic carbocycles. The minimum absolute atomic E-state index is 0.0666. The Morgan fingerprint density at radius 2 is 2.14 bits per heavy atom. The molecule has 0 aliphatic carbocycles. The SMILES string of the molecule is O=c1ccc(F)cn1Cc1ncc(-c2cccc(Cl)c2)o1. The van der Waals surface area contributed by atoms with E-state index >= 15 is 0 Å². The van der Waals surface area contributed by atoms with Gasteiger partial charge in [-0.15, -0.1) is 0 Å². The van der Waals surface area contributed by atoms with Crippen LogP contribution in [-0.4, -0.2) is 9.55 Å². The fourth-order valence-electron chi connectivity index (χ4n) is 1.93. The summed E-state index contributed by atoms with van der Waals surface area (Å²) in [6.07, 6.45) is 2.66. The van der Waals surface area contributed by atoms with E-state index in [0.29, 0.717) is 16.7 Å². The molecule has 0 unspecified atom stereocenters. The van der Waals surface area contributed by atoms with Crippen molar-refractivity contribution < 1.29 is 8.81 Å². The first-order valence-corrected chi connectivity index (χ1v) is 6.56. The number of nitrogens with zero attached hydrogens (tertiary/aromatic N) is 2. The van der Waals surface area contributed by atoms with Crippen molar-refractivity contribution in [3.05, 3.63) is 75.9 Å². The van der Waals surface area contributed by atoms with Gasteiger partial charge in [0.25, 0.3) is 5.56 Å². The van der Waals surface area contributed by atoms with Gasteiger partial charge < -0.3 is 8.98 Å². The standard InChI is InChI=1S/C15H10ClFN2O2/c16-11-3-1-2-10(6-11)13-7-18-14(21-13)9-19-8-12(17)4-5-15(19)20/h1-8H,9H2. The van der Waals surface area contributed by atoms with Crippen LogP contribution in [0.15, 0.2) is 58.0 Å². The molecule has 0 fully saturated rings. The fourth-order valence-corrected chi connectivity index (χ4v) is 2.12. The Bertz CT molecular complexity index is 841. The van der Waals surface area contributed by atoms with Crippen LogP contribution >= 0.6 is 11.6 Å². The highest BCUT2D eigenvalue weighted by Crippen LogP contribution is 2.23. The molecule has 3 rings (SSSR count). The monoisotopic (exact) mass is 304 g/mol. The molecule has 2 heterocycles. The minimum atomic E-state index is -0.490. The number of hydrogen-bond donors (Lipinski definition) is 0. The molecule has 0 saturated heterocycles. The van der Waals surface area contributed by atoms with Crippen LogP contribution in [0.1, 0.15) is 5.89 Å². The summed E-state index contributed by atoms with van der Waals surface area (Å²) in [5.41, 5.74) is 0.465. The highest BCUT2D eigenvalue weighted by atomic mass is 35.5. The molecule has 0 N–H and O–H groups in total. The largest absolute Gasteiger partial charge is 0.439 e. The number of oxazole rings is 1. The third kappa shape index (κ3) is 3.03. The second-order valence-corrected chi connectivity index (χ2v) is 4.88. The number of rotatable bonds is 3. The van der Waals surface area contributed by atoms with Gasteiger partial charge in [-0.1, -0.05) is 23.7 Å². The number of aromatic nitrogens is 2. The Morgan fingerprint density at radius 3 is 2.95 bits per heavy atom. The zero-order valence-corrected chi connectivity index (χ0v) is 11.5. The number of halogens is 2. The average molecular weight is 305 g/mol. The molecule has 2 aromatic heterocycles. The van der Waals surface area contributed by atoms with E-state index in [0.717, 1.165) is 23.9 Å². The summed E-state index contributed by atoms with van der Waals surface area (Å²) in [7, 11) is 0. The molecular weight excluding hydrogens is 295 g/mol. The molecule has 0 spiro atoms. The molecule has 0 radical (unpaired) electrons. The van der Waals surface area contributed by atoms with E-state index in [1.54, 1.807) is 24.4 Å². The third-order valence-electron chi connectivity index (χ3n) is 2.92. The number of hydrogen-bond acceptors (Lipinski definition) is 3. The molecule has 0 aliphatic rings. The van der Waals surface area contributed by atoms with Gasteiger partial charge in [-0.25, -0.2) is 9.37 Å². The van der Waals surface area contributed by atoms with E-state index in [9.17, 15) is 9.18 Å². The highest BCUT2D eigenvalue weighted by molar-refractivity contribution is 6.30. The van der Waals surface area contributed by atoms with Crippen LogP contribution in [0.3, 0.4) is 0 Å². The molecule has 6 heteroatoms. The van der Waals surface area contributed by atoms with Gasteiger partial charge in [0.2, 0.25) is 5.89 Å². The molecule has 106 valence electrons. The maximum atomic E-state index is 13.1. The minimum Gasteiger partial charge on any atom is -0.439 e. The van der Waals surface area contributed by atoms with Crippen molar-refractivity contribution in [1.82, 2.24) is 9.55 Å². The first-order chi connectivity index (χ1) is 10.1. The summed E-state index contributed by atoms with van der Waals surface area (Å²) in [4.78, 5) is 15.7. The first-order valence-electron chi connectivity index (χ1n) is 6.18. The van der Waals surface area contributed by atoms with Crippen LogP contribution in [0.25, 0.3) is 11.3 Å². The molecule has 4 nitrogen and oxygen atoms in total. The Morgan fingerprint density at radius 1 is 1.29 bits per heavy atom. The van der Waals surface area contributed by atoms with Crippen molar-refractivity contribution in [2.24, 2.45) is 0 Å². The molecule has 0 amide bonds. The predicted molar refractivity (Wildman–Crippen MR) is 76.7 cm³/mol. The molecule has 0 saturated carbocycles. The van der Waals surface area contributed by atoms with Gasteiger partial charge in [0.05, 0.1) is 6.20 Å². The summed E-state index contributed by atoms with van der Waals surface area (Å²) in [6.45, 7) is 0.0666. The van der Waals surface area contributed by atoms with E-state index in [-0.39, 0.29) is 12.1 Å². The van der Waals surface area contributed by atoms with Crippen LogP contribution in [0.2, 0.25) is 5.02 Å². The molecule has 21 heavy (non-hydrogen) atoms. The van der Waals surface area contributed by atoms with E-state index in [1.165, 1.54) is 4.57 Å². The lowest BCUT2D eigenvalue weighted by molar-refractivity contribution is 0.479. The van der Waals surface area contributed by atoms with Crippen molar-refractivity contribution in [3.63, 3.8) is 0 Å². The maximum Gasteiger partial charge on any atom is 0.251 e. The van der Waals surface area contributed by atoms with E-state index in [1.807, 2.05) is 6.07 Å². The normalized spacial score (nSPS) is 10.8. The number of benzene rings is 1. The molecule has 0 aliphatic heterocycles. The average Bonchev–Trinajstić information content (AvgIpc) is 2.91. The summed E-state index contributed by atoms with van der Waals surface area (Å²) in [5.74, 6) is 0.367. The van der Waals surface area contributed by atoms with Crippen molar-refractivity contribution >= 4 is 11.6 Å². The van der Waals surface area contributed by atoms with Gasteiger partial charge in [0, 0.05) is 22.8 Å². The van der Waals surface area contributed by atoms with Crippen molar-refractivity contribution in [2.45, 2.75) is 6.54 Å². The summed E-state index contributed by atoms with van der Waals surface area (Å²) < 4.78 is 19.9. The summed E-state index contributed by atoms with van der Waals surface area (Å²) in [5, 5.41) is 0.590. The van der Waals surface area contributed by atoms with Crippen LogP contribution in [0.5, 0.6) is 0 Å². The van der Waals surface area contributed by atoms with Gasteiger partial charge in [-0.2, -0.15) is 0 Å². The van der Waals surface area contributed by atoms with Crippen LogP contribution < -0.4 is 5.56 Å². The third-order valence-corrected chi connectivity index (χ3v) is 3.15. The van der Waals surface area contributed by atoms with Crippen LogP contribution in [-0.2, 0) is 6.54 Å². The topological polar surface area (TPSA) is 48.0 Å². The quantitative estimate of drug-likeness (QED) is 0.745. The molecule has 0 bridgehead atoms. The molecule has 3 aromatic rings. The van der Waals surface area contributed by atoms with Gasteiger partial charge in [0.1, 0.15) is 12.4 Å². The lowest BCUT2D eigenvalue weighted by Gasteiger charge is -2.01. The predicted octanol–water partition coefficient (Wildman–Crippen LogP) is 3.34. The molecule has 0 atom stereocenters. The smallest absolute Gasteiger partial charge is 0.251 e. The first kappa shape index (κ1) is 13.6. The van der Waals surface area contributed by atoms with Crippen molar-refractivity contribution in [2.75, 3.05) is 0 Å². The zero-order valence-electron chi connectivity index (χ0n) is 10.8. The Labute approximate surface area is 124 Å². The van der Waals surface area contributed by atoms with E-state index in [2.05, 4.69) is 4.98 Å². The zero-order chi connectivity index (χ0) is 14.8. The Hall–Kier alpha value is -2.40. The number of pyridine rings is 1. The summed E-state index contributed by atoms with van der Waals surface area (Å²) >= 11 is 5.92. The fraction of sp³-hybridized carbons (Fsp3) is 0.0667. The Balaban J connectivity index is 1.89. The van der Waals surface area contributed by atoms with Crippen LogP contribution in [0, 0.1) is 5.82 Å². The van der Waals surface area contributed by atoms with Crippen molar-refractivity contribution in [1.29, 1.82) is 0 Å². The second kappa shape index (κ2) is 5.54. The van der Waals surface area contributed by atoms with Gasteiger partial charge in [-0.3, -0.25) is 4.79 Å². The van der Waals surface area contributed by atoms with Gasteiger partial charge in [-0.05, 0) is 18.2 Å². The summed E-state index contributed by atoms with van der Waals surface area (Å²) in [6, 6.07) is 9.43. The van der Waals surface area contributed by atoms with E-state index in [4.69, 9.17) is 16.0 Å². The Kier molecular flexibility index (Phi) is 3.58.